The Kier molecular flexibility index (Phi) is 8.47. The van der Waals surface area contributed by atoms with Crippen LogP contribution >= 0.6 is 0 Å². The smallest absolute Gasteiger partial charge is 0.195 e. The van der Waals surface area contributed by atoms with Crippen molar-refractivity contribution in [3.05, 3.63) is 47.7 Å². The molecular formula is C24H31F3N6O5. The second-order valence-corrected chi connectivity index (χ2v) is 9.23. The summed E-state index contributed by atoms with van der Waals surface area (Å²) in [6.45, 7) is 5.94. The van der Waals surface area contributed by atoms with Crippen LogP contribution in [0.4, 0.5) is 13.2 Å². The molecule has 3 aromatic rings. The predicted octanol–water partition coefficient (Wildman–Crippen LogP) is 1.99. The Bertz CT molecular complexity index is 1240. The number of nitrogens with zero attached hydrogens (tertiary/aromatic N) is 6. The van der Waals surface area contributed by atoms with Crippen LogP contribution < -0.4 is 0 Å². The Hall–Kier alpha value is -2.91. The summed E-state index contributed by atoms with van der Waals surface area (Å²) in [5.74, 6) is -4.37. The lowest BCUT2D eigenvalue weighted by molar-refractivity contribution is -0.216. The third-order valence-corrected chi connectivity index (χ3v) is 6.95. The average molecular weight is 541 g/mol. The maximum Gasteiger partial charge on any atom is 0.195 e. The molecule has 1 aliphatic rings. The molecule has 0 aliphatic carbocycles. The van der Waals surface area contributed by atoms with Crippen molar-refractivity contribution in [2.75, 3.05) is 20.3 Å². The number of aliphatic hydroxyl groups excluding tert-OH is 2. The van der Waals surface area contributed by atoms with E-state index in [1.54, 1.807) is 10.9 Å². The largest absolute Gasteiger partial charge is 0.394 e. The van der Waals surface area contributed by atoms with E-state index in [9.17, 15) is 23.4 Å². The molecule has 1 aromatic carbocycles. The molecule has 1 aliphatic heterocycles. The van der Waals surface area contributed by atoms with Crippen LogP contribution in [-0.2, 0) is 26.4 Å². The van der Waals surface area contributed by atoms with Gasteiger partial charge in [-0.25, -0.2) is 22.5 Å². The molecule has 38 heavy (non-hydrogen) atoms. The fourth-order valence-electron chi connectivity index (χ4n) is 4.67. The first-order chi connectivity index (χ1) is 18.2. The maximum atomic E-state index is 14.4. The number of hydrogen-bond donors (Lipinski definition) is 2. The van der Waals surface area contributed by atoms with Crippen molar-refractivity contribution in [3.63, 3.8) is 0 Å². The van der Waals surface area contributed by atoms with Gasteiger partial charge in [-0.3, -0.25) is 0 Å². The van der Waals surface area contributed by atoms with Crippen molar-refractivity contribution < 1.29 is 37.6 Å². The van der Waals surface area contributed by atoms with E-state index in [1.165, 1.54) is 18.0 Å². The molecule has 2 aromatic heterocycles. The normalized spacial score (nSPS) is 25.4. The topological polar surface area (TPSA) is 130 Å². The quantitative estimate of drug-likeness (QED) is 0.371. The first-order valence-corrected chi connectivity index (χ1v) is 12.2. The molecule has 2 N–H and O–H groups in total. The van der Waals surface area contributed by atoms with Gasteiger partial charge < -0.3 is 24.4 Å². The molecule has 14 heteroatoms. The number of halogens is 3. The highest BCUT2D eigenvalue weighted by Gasteiger charge is 2.47. The van der Waals surface area contributed by atoms with E-state index < -0.39 is 60.1 Å². The van der Waals surface area contributed by atoms with Gasteiger partial charge in [0.05, 0.1) is 25.5 Å². The minimum absolute atomic E-state index is 0.0808. The Morgan fingerprint density at radius 1 is 1.08 bits per heavy atom. The summed E-state index contributed by atoms with van der Waals surface area (Å²) < 4.78 is 61.8. The molecule has 11 nitrogen and oxygen atoms in total. The SMILES string of the molecule is CCOC(C)(CC)c1cn(C[C@H]2O[C@H](CO)[C@H](O)[C@H](n3cc(-c4ccc(F)c(F)c4F)nn3)[C@H]2OC)nn1. The van der Waals surface area contributed by atoms with Gasteiger partial charge in [0.2, 0.25) is 0 Å². The summed E-state index contributed by atoms with van der Waals surface area (Å²) in [5, 5.41) is 37.2. The fraction of sp³-hybridized carbons (Fsp3) is 0.583. The zero-order chi connectivity index (χ0) is 27.6. The van der Waals surface area contributed by atoms with E-state index in [0.717, 1.165) is 12.1 Å². The third kappa shape index (κ3) is 5.18. The van der Waals surface area contributed by atoms with Crippen LogP contribution in [0.5, 0.6) is 0 Å². The molecule has 4 rings (SSSR count). The average Bonchev–Trinajstić information content (AvgIpc) is 3.58. The van der Waals surface area contributed by atoms with Gasteiger partial charge in [0.15, 0.2) is 17.5 Å². The van der Waals surface area contributed by atoms with E-state index in [4.69, 9.17) is 14.2 Å². The van der Waals surface area contributed by atoms with Crippen LogP contribution in [0, 0.1) is 17.5 Å². The van der Waals surface area contributed by atoms with Crippen molar-refractivity contribution in [2.45, 2.75) is 69.8 Å². The number of benzene rings is 1. The van der Waals surface area contributed by atoms with Crippen LogP contribution in [0.25, 0.3) is 11.3 Å². The molecule has 208 valence electrons. The fourth-order valence-corrected chi connectivity index (χ4v) is 4.67. The highest BCUT2D eigenvalue weighted by molar-refractivity contribution is 5.58. The lowest BCUT2D eigenvalue weighted by Gasteiger charge is -2.43. The van der Waals surface area contributed by atoms with Gasteiger partial charge >= 0.3 is 0 Å². The summed E-state index contributed by atoms with van der Waals surface area (Å²) in [6.07, 6.45) is -0.164. The first-order valence-electron chi connectivity index (χ1n) is 12.2. The van der Waals surface area contributed by atoms with E-state index in [0.29, 0.717) is 18.7 Å². The van der Waals surface area contributed by atoms with Crippen molar-refractivity contribution in [2.24, 2.45) is 0 Å². The first kappa shape index (κ1) is 28.1. The van der Waals surface area contributed by atoms with Crippen LogP contribution in [-0.4, -0.2) is 84.9 Å². The summed E-state index contributed by atoms with van der Waals surface area (Å²) in [5.41, 5.74) is -0.372. The summed E-state index contributed by atoms with van der Waals surface area (Å²) >= 11 is 0. The number of aliphatic hydroxyl groups is 2. The number of rotatable bonds is 10. The Labute approximate surface area is 217 Å². The molecule has 1 fully saturated rings. The van der Waals surface area contributed by atoms with Gasteiger partial charge in [0.25, 0.3) is 0 Å². The summed E-state index contributed by atoms with van der Waals surface area (Å²) in [7, 11) is 1.42. The summed E-state index contributed by atoms with van der Waals surface area (Å²) in [4.78, 5) is 0. The number of hydrogen-bond acceptors (Lipinski definition) is 9. The van der Waals surface area contributed by atoms with E-state index >= 15 is 0 Å². The molecule has 0 bridgehead atoms. The van der Waals surface area contributed by atoms with E-state index in [2.05, 4.69) is 20.6 Å². The zero-order valence-electron chi connectivity index (χ0n) is 21.5. The summed E-state index contributed by atoms with van der Waals surface area (Å²) in [6, 6.07) is 0.898. The molecular weight excluding hydrogens is 509 g/mol. The van der Waals surface area contributed by atoms with Crippen molar-refractivity contribution >= 4 is 0 Å². The lowest BCUT2D eigenvalue weighted by Crippen LogP contribution is -2.57. The van der Waals surface area contributed by atoms with Crippen molar-refractivity contribution in [1.82, 2.24) is 30.0 Å². The van der Waals surface area contributed by atoms with Gasteiger partial charge in [-0.2, -0.15) is 0 Å². The number of methoxy groups -OCH3 is 1. The Morgan fingerprint density at radius 2 is 1.84 bits per heavy atom. The van der Waals surface area contributed by atoms with Gasteiger partial charge in [-0.05, 0) is 32.4 Å². The zero-order valence-corrected chi connectivity index (χ0v) is 21.5. The molecule has 1 saturated heterocycles. The van der Waals surface area contributed by atoms with Crippen molar-refractivity contribution in [1.29, 1.82) is 0 Å². The van der Waals surface area contributed by atoms with Crippen molar-refractivity contribution in [3.8, 4) is 11.3 Å². The maximum absolute atomic E-state index is 14.4. The highest BCUT2D eigenvalue weighted by atomic mass is 19.2. The second-order valence-electron chi connectivity index (χ2n) is 9.23. The number of ether oxygens (including phenoxy) is 3. The molecule has 1 unspecified atom stereocenters. The standard InChI is InChI=1S/C24H31F3N6O5/c1-5-24(3,37-6-2)18-11-32(30-29-18)10-16-23(36-4)21(22(35)17(12-34)38-16)33-9-15(28-31-33)13-7-8-14(25)20(27)19(13)26/h7-9,11,16-17,21-23,34-35H,5-6,10,12H2,1-4H3/t16-,17-,21+,22+,23+,24?/m1/s1. The monoisotopic (exact) mass is 540 g/mol. The van der Waals surface area contributed by atoms with Gasteiger partial charge in [0, 0.05) is 19.3 Å². The molecule has 0 radical (unpaired) electrons. The molecule has 0 amide bonds. The van der Waals surface area contributed by atoms with Gasteiger partial charge in [-0.1, -0.05) is 17.4 Å². The molecule has 3 heterocycles. The number of aromatic nitrogens is 6. The second kappa shape index (κ2) is 11.5. The highest BCUT2D eigenvalue weighted by Crippen LogP contribution is 2.34. The Morgan fingerprint density at radius 3 is 2.50 bits per heavy atom. The minimum Gasteiger partial charge on any atom is -0.394 e. The molecule has 0 saturated carbocycles. The van der Waals surface area contributed by atoms with Crippen LogP contribution in [0.15, 0.2) is 24.5 Å². The van der Waals surface area contributed by atoms with Crippen LogP contribution in [0.1, 0.15) is 38.9 Å². The minimum atomic E-state index is -1.63. The van der Waals surface area contributed by atoms with Gasteiger partial charge in [0.1, 0.15) is 47.4 Å². The predicted molar refractivity (Wildman–Crippen MR) is 126 cm³/mol. The lowest BCUT2D eigenvalue weighted by atomic mass is 9.92. The molecule has 0 spiro atoms. The van der Waals surface area contributed by atoms with Crippen LogP contribution in [0.2, 0.25) is 0 Å². The van der Waals surface area contributed by atoms with Gasteiger partial charge in [-0.15, -0.1) is 10.2 Å². The third-order valence-electron chi connectivity index (χ3n) is 6.95. The van der Waals surface area contributed by atoms with E-state index in [-0.39, 0.29) is 17.8 Å². The van der Waals surface area contributed by atoms with E-state index in [1.807, 2.05) is 20.8 Å². The molecule has 6 atom stereocenters. The van der Waals surface area contributed by atoms with Crippen LogP contribution in [0.3, 0.4) is 0 Å². The Balaban J connectivity index is 1.63.